The monoisotopic (exact) mass is 445 g/mol. The zero-order chi connectivity index (χ0) is 21.7. The van der Waals surface area contributed by atoms with Gasteiger partial charge in [-0.15, -0.1) is 6.58 Å². The topological polar surface area (TPSA) is 55.8 Å². The van der Waals surface area contributed by atoms with Crippen molar-refractivity contribution >= 4 is 41.7 Å². The highest BCUT2D eigenvalue weighted by Crippen LogP contribution is 2.59. The minimum atomic E-state index is -3.64. The molecule has 2 aromatic rings. The van der Waals surface area contributed by atoms with Crippen molar-refractivity contribution in [3.05, 3.63) is 77.3 Å². The lowest BCUT2D eigenvalue weighted by atomic mass is 9.96. The van der Waals surface area contributed by atoms with Crippen molar-refractivity contribution in [3.8, 4) is 0 Å². The van der Waals surface area contributed by atoms with Gasteiger partial charge in [-0.2, -0.15) is 0 Å². The van der Waals surface area contributed by atoms with Crippen LogP contribution >= 0.6 is 19.1 Å². The van der Waals surface area contributed by atoms with Crippen molar-refractivity contribution in [2.24, 2.45) is 0 Å². The van der Waals surface area contributed by atoms with Crippen molar-refractivity contribution in [1.82, 2.24) is 4.67 Å². The second-order valence-corrected chi connectivity index (χ2v) is 9.35. The molecule has 1 heterocycles. The average Bonchev–Trinajstić information content (AvgIpc) is 2.73. The Morgan fingerprint density at radius 3 is 2.53 bits per heavy atom. The second-order valence-electron chi connectivity index (χ2n) is 6.65. The first-order valence-corrected chi connectivity index (χ1v) is 11.8. The maximum Gasteiger partial charge on any atom is 0.327 e. The van der Waals surface area contributed by atoms with Crippen molar-refractivity contribution < 1.29 is 18.6 Å². The van der Waals surface area contributed by atoms with Crippen LogP contribution in [0.15, 0.2) is 61.2 Å². The quantitative estimate of drug-likeness (QED) is 0.304. The van der Waals surface area contributed by atoms with Gasteiger partial charge in [0.1, 0.15) is 6.54 Å². The standard InChI is InChI=1S/C23H25ClNO4P/c1-4-10-20-19-14-13-18(24)15-21(19)30(27,29-6-3)25(16-22(26)28-5-2)23(20)17-11-8-7-9-12-17/h4,7-9,11-15H,1,5-6,10,16H2,2-3H3. The number of benzene rings is 2. The van der Waals surface area contributed by atoms with Gasteiger partial charge < -0.3 is 9.26 Å². The van der Waals surface area contributed by atoms with Crippen LogP contribution in [0.4, 0.5) is 0 Å². The normalized spacial score (nSPS) is 18.2. The van der Waals surface area contributed by atoms with E-state index in [0.717, 1.165) is 16.7 Å². The molecule has 1 unspecified atom stereocenters. The molecule has 0 fully saturated rings. The van der Waals surface area contributed by atoms with Gasteiger partial charge in [-0.25, -0.2) is 0 Å². The summed E-state index contributed by atoms with van der Waals surface area (Å²) in [5, 5.41) is 0.934. The number of halogens is 1. The molecule has 0 aromatic heterocycles. The highest BCUT2D eigenvalue weighted by atomic mass is 35.5. The molecule has 158 valence electrons. The first-order valence-electron chi connectivity index (χ1n) is 9.84. The largest absolute Gasteiger partial charge is 0.465 e. The Morgan fingerprint density at radius 1 is 1.17 bits per heavy atom. The molecule has 7 heteroatoms. The van der Waals surface area contributed by atoms with E-state index in [1.165, 1.54) is 0 Å². The van der Waals surface area contributed by atoms with Crippen LogP contribution in [0.3, 0.4) is 0 Å². The van der Waals surface area contributed by atoms with Crippen molar-refractivity contribution in [3.63, 3.8) is 0 Å². The first-order chi connectivity index (χ1) is 14.5. The number of carbonyl (C=O) groups excluding carboxylic acids is 1. The van der Waals surface area contributed by atoms with Crippen LogP contribution in [0, 0.1) is 0 Å². The lowest BCUT2D eigenvalue weighted by Gasteiger charge is -2.40. The maximum atomic E-state index is 14.4. The minimum absolute atomic E-state index is 0.206. The summed E-state index contributed by atoms with van der Waals surface area (Å²) in [5.74, 6) is -0.478. The lowest BCUT2D eigenvalue weighted by Crippen LogP contribution is -2.36. The van der Waals surface area contributed by atoms with E-state index in [9.17, 15) is 9.36 Å². The van der Waals surface area contributed by atoms with Crippen LogP contribution < -0.4 is 5.30 Å². The average molecular weight is 446 g/mol. The van der Waals surface area contributed by atoms with Gasteiger partial charge in [0.2, 0.25) is 0 Å². The Labute approximate surface area is 182 Å². The number of ether oxygens (including phenoxy) is 1. The van der Waals surface area contributed by atoms with E-state index in [0.29, 0.717) is 22.4 Å². The molecule has 1 aliphatic rings. The molecule has 0 bridgehead atoms. The van der Waals surface area contributed by atoms with Crippen molar-refractivity contribution in [2.75, 3.05) is 19.8 Å². The molecule has 0 amide bonds. The Bertz CT molecular complexity index is 1020. The zero-order valence-corrected chi connectivity index (χ0v) is 18.8. The molecule has 5 nitrogen and oxygen atoms in total. The van der Waals surface area contributed by atoms with E-state index in [-0.39, 0.29) is 19.8 Å². The van der Waals surface area contributed by atoms with Gasteiger partial charge in [0.25, 0.3) is 0 Å². The molecule has 0 saturated carbocycles. The van der Waals surface area contributed by atoms with Crippen LogP contribution in [0.5, 0.6) is 0 Å². The number of nitrogens with zero attached hydrogens (tertiary/aromatic N) is 1. The molecule has 2 aromatic carbocycles. The summed E-state index contributed by atoms with van der Waals surface area (Å²) in [6, 6.07) is 14.8. The van der Waals surface area contributed by atoms with Crippen LogP contribution in [-0.2, 0) is 18.6 Å². The van der Waals surface area contributed by atoms with Gasteiger partial charge in [0.05, 0.1) is 24.2 Å². The van der Waals surface area contributed by atoms with Gasteiger partial charge in [-0.1, -0.05) is 54.1 Å². The number of fused-ring (bicyclic) bond motifs is 1. The molecule has 3 rings (SSSR count). The van der Waals surface area contributed by atoms with Gasteiger partial charge in [-0.05, 0) is 49.1 Å². The summed E-state index contributed by atoms with van der Waals surface area (Å²) in [5.41, 5.74) is 3.20. The van der Waals surface area contributed by atoms with Crippen molar-refractivity contribution in [2.45, 2.75) is 20.3 Å². The number of hydrogen-bond acceptors (Lipinski definition) is 4. The van der Waals surface area contributed by atoms with E-state index in [2.05, 4.69) is 6.58 Å². The molecule has 1 aliphatic heterocycles. The number of rotatable bonds is 8. The van der Waals surface area contributed by atoms with E-state index in [1.807, 2.05) is 36.4 Å². The molecule has 30 heavy (non-hydrogen) atoms. The van der Waals surface area contributed by atoms with E-state index in [1.54, 1.807) is 36.7 Å². The minimum Gasteiger partial charge on any atom is -0.465 e. The maximum absolute atomic E-state index is 14.4. The summed E-state index contributed by atoms with van der Waals surface area (Å²) < 4.78 is 27.0. The fourth-order valence-corrected chi connectivity index (χ4v) is 6.38. The molecular weight excluding hydrogens is 421 g/mol. The number of esters is 1. The molecular formula is C23H25ClNO4P. The van der Waals surface area contributed by atoms with Crippen LogP contribution in [0.2, 0.25) is 5.02 Å². The van der Waals surface area contributed by atoms with Gasteiger partial charge >= 0.3 is 13.5 Å². The van der Waals surface area contributed by atoms with Crippen LogP contribution in [0.1, 0.15) is 31.4 Å². The van der Waals surface area contributed by atoms with Gasteiger partial charge in [0.15, 0.2) is 0 Å². The number of carbonyl (C=O) groups is 1. The van der Waals surface area contributed by atoms with Crippen LogP contribution in [-0.4, -0.2) is 30.4 Å². The van der Waals surface area contributed by atoms with E-state index < -0.39 is 13.5 Å². The third-order valence-electron chi connectivity index (χ3n) is 4.74. The fraction of sp³-hybridized carbons (Fsp3) is 0.261. The second kappa shape index (κ2) is 9.65. The summed E-state index contributed by atoms with van der Waals surface area (Å²) in [6.45, 7) is 7.64. The smallest absolute Gasteiger partial charge is 0.327 e. The predicted molar refractivity (Wildman–Crippen MR) is 122 cm³/mol. The predicted octanol–water partition coefficient (Wildman–Crippen LogP) is 5.52. The third-order valence-corrected chi connectivity index (χ3v) is 7.53. The Kier molecular flexibility index (Phi) is 7.19. The van der Waals surface area contributed by atoms with Gasteiger partial charge in [-0.3, -0.25) is 14.0 Å². The molecule has 0 saturated heterocycles. The fourth-order valence-electron chi connectivity index (χ4n) is 3.62. The lowest BCUT2D eigenvalue weighted by molar-refractivity contribution is -0.142. The molecule has 0 spiro atoms. The third kappa shape index (κ3) is 4.24. The SMILES string of the molecule is C=CCC1=C(c2ccccc2)N(CC(=O)OCC)P(=O)(OCC)c2cc(Cl)ccc21. The Morgan fingerprint density at radius 2 is 1.90 bits per heavy atom. The highest BCUT2D eigenvalue weighted by Gasteiger charge is 2.44. The molecule has 0 radical (unpaired) electrons. The zero-order valence-electron chi connectivity index (χ0n) is 17.1. The van der Waals surface area contributed by atoms with E-state index >= 15 is 0 Å². The van der Waals surface area contributed by atoms with E-state index in [4.69, 9.17) is 20.9 Å². The van der Waals surface area contributed by atoms with Crippen molar-refractivity contribution in [1.29, 1.82) is 0 Å². The summed E-state index contributed by atoms with van der Waals surface area (Å²) in [7, 11) is -3.64. The number of hydrogen-bond donors (Lipinski definition) is 0. The Hall–Kier alpha value is -2.33. The summed E-state index contributed by atoms with van der Waals surface area (Å²) in [4.78, 5) is 12.5. The summed E-state index contributed by atoms with van der Waals surface area (Å²) >= 11 is 6.26. The number of allylic oxidation sites excluding steroid dienone is 2. The van der Waals surface area contributed by atoms with Gasteiger partial charge in [0, 0.05) is 5.02 Å². The molecule has 0 N–H and O–H groups in total. The molecule has 0 aliphatic carbocycles. The first kappa shape index (κ1) is 22.4. The highest BCUT2D eigenvalue weighted by molar-refractivity contribution is 7.65. The Balaban J connectivity index is 2.35. The summed E-state index contributed by atoms with van der Waals surface area (Å²) in [6.07, 6.45) is 2.31. The van der Waals surface area contributed by atoms with Crippen LogP contribution in [0.25, 0.3) is 11.3 Å². The molecule has 1 atom stereocenters.